The second kappa shape index (κ2) is 10.7. The summed E-state index contributed by atoms with van der Waals surface area (Å²) < 4.78 is 29.0. The first-order valence-corrected chi connectivity index (χ1v) is 11.5. The molecule has 2 aromatic carbocycles. The fourth-order valence-electron chi connectivity index (χ4n) is 2.64. The van der Waals surface area contributed by atoms with Crippen LogP contribution in [0.4, 0.5) is 0 Å². The molecule has 0 heterocycles. The molecule has 2 rings (SSSR count). The van der Waals surface area contributed by atoms with Crippen LogP contribution in [0.2, 0.25) is 0 Å². The van der Waals surface area contributed by atoms with Crippen molar-refractivity contribution in [3.8, 4) is 0 Å². The minimum atomic E-state index is -3.67. The van der Waals surface area contributed by atoms with Crippen molar-refractivity contribution in [3.05, 3.63) is 71.3 Å². The van der Waals surface area contributed by atoms with Gasteiger partial charge in [-0.05, 0) is 59.2 Å². The summed E-state index contributed by atoms with van der Waals surface area (Å²) >= 11 is 2.29. The van der Waals surface area contributed by atoms with E-state index in [9.17, 15) is 8.42 Å². The van der Waals surface area contributed by atoms with E-state index < -0.39 is 10.0 Å². The topological polar surface area (TPSA) is 59.0 Å². The minimum absolute atomic E-state index is 0.131. The Kier molecular flexibility index (Phi) is 8.65. The number of aryl methyl sites for hydroxylation is 1. The van der Waals surface area contributed by atoms with Gasteiger partial charge < -0.3 is 4.84 Å². The first kappa shape index (κ1) is 22.6. The number of sulfonamides is 1. The molecule has 28 heavy (non-hydrogen) atoms. The lowest BCUT2D eigenvalue weighted by Gasteiger charge is -2.23. The highest BCUT2D eigenvalue weighted by atomic mass is 127. The predicted octanol–water partition coefficient (Wildman–Crippen LogP) is 4.87. The largest absolute Gasteiger partial charge is 0.399 e. The number of halogens is 1. The molecule has 0 aliphatic heterocycles. The molecule has 150 valence electrons. The highest BCUT2D eigenvalue weighted by molar-refractivity contribution is 14.1. The molecule has 5 nitrogen and oxygen atoms in total. The molecular formula is C21H25IN2O3S. The Morgan fingerprint density at radius 2 is 1.79 bits per heavy atom. The fraction of sp³-hybridized carbons (Fsp3) is 0.286. The van der Waals surface area contributed by atoms with Gasteiger partial charge in [-0.2, -0.15) is 4.31 Å². The van der Waals surface area contributed by atoms with Crippen molar-refractivity contribution in [1.82, 2.24) is 4.31 Å². The summed E-state index contributed by atoms with van der Waals surface area (Å²) in [6, 6.07) is 16.9. The molecule has 0 aromatic heterocycles. The number of rotatable bonds is 9. The van der Waals surface area contributed by atoms with Crippen LogP contribution in [0, 0.1) is 6.92 Å². The van der Waals surface area contributed by atoms with Gasteiger partial charge in [0.05, 0.1) is 17.7 Å². The SMILES string of the molecule is CC/C(CN(C/C=N/OC)S(=O)(=O)c1ccc(C)cc1)=C(/I)c1ccccc1. The van der Waals surface area contributed by atoms with E-state index in [1.165, 1.54) is 17.6 Å². The Labute approximate surface area is 181 Å². The molecule has 0 N–H and O–H groups in total. The third-order valence-corrected chi connectivity index (χ3v) is 7.47. The lowest BCUT2D eigenvalue weighted by molar-refractivity contribution is 0.214. The van der Waals surface area contributed by atoms with Crippen molar-refractivity contribution in [2.75, 3.05) is 20.2 Å². The minimum Gasteiger partial charge on any atom is -0.399 e. The van der Waals surface area contributed by atoms with E-state index in [1.807, 2.05) is 44.2 Å². The Morgan fingerprint density at radius 1 is 1.14 bits per heavy atom. The smallest absolute Gasteiger partial charge is 0.243 e. The standard InChI is InChI=1S/C21H25IN2O3S/c1-4-18(21(22)19-8-6-5-7-9-19)16-24(15-14-23-27-3)28(25,26)20-12-10-17(2)11-13-20/h5-14H,4,15-16H2,1-3H3/b21-18-,23-14+. The number of nitrogens with zero attached hydrogens (tertiary/aromatic N) is 2. The molecule has 2 aromatic rings. The Hall–Kier alpha value is -1.71. The fourth-order valence-corrected chi connectivity index (χ4v) is 4.92. The zero-order valence-electron chi connectivity index (χ0n) is 16.3. The zero-order valence-corrected chi connectivity index (χ0v) is 19.3. The molecule has 0 saturated carbocycles. The van der Waals surface area contributed by atoms with Crippen molar-refractivity contribution < 1.29 is 13.3 Å². The summed E-state index contributed by atoms with van der Waals surface area (Å²) in [6.45, 7) is 4.39. The van der Waals surface area contributed by atoms with Gasteiger partial charge in [-0.3, -0.25) is 0 Å². The molecule has 0 saturated heterocycles. The van der Waals surface area contributed by atoms with Gasteiger partial charge in [-0.15, -0.1) is 0 Å². The molecule has 0 unspecified atom stereocenters. The van der Waals surface area contributed by atoms with Crippen molar-refractivity contribution in [2.24, 2.45) is 5.16 Å². The summed E-state index contributed by atoms with van der Waals surface area (Å²) in [5.41, 5.74) is 3.14. The average molecular weight is 512 g/mol. The molecule has 0 spiro atoms. The van der Waals surface area contributed by atoms with Crippen molar-refractivity contribution in [1.29, 1.82) is 0 Å². The third kappa shape index (κ3) is 5.89. The lowest BCUT2D eigenvalue weighted by atomic mass is 10.1. The van der Waals surface area contributed by atoms with E-state index in [-0.39, 0.29) is 18.0 Å². The van der Waals surface area contributed by atoms with Crippen molar-refractivity contribution in [3.63, 3.8) is 0 Å². The van der Waals surface area contributed by atoms with Crippen LogP contribution in [-0.4, -0.2) is 39.1 Å². The summed E-state index contributed by atoms with van der Waals surface area (Å²) in [4.78, 5) is 4.98. The first-order valence-electron chi connectivity index (χ1n) is 8.95. The van der Waals surface area contributed by atoms with Crippen LogP contribution in [0.15, 0.2) is 70.2 Å². The van der Waals surface area contributed by atoms with Gasteiger partial charge in [0.2, 0.25) is 10.0 Å². The summed E-state index contributed by atoms with van der Waals surface area (Å²) in [5, 5.41) is 3.72. The van der Waals surface area contributed by atoms with E-state index in [1.54, 1.807) is 24.3 Å². The van der Waals surface area contributed by atoms with Crippen molar-refractivity contribution >= 4 is 42.4 Å². The van der Waals surface area contributed by atoms with Gasteiger partial charge in [0, 0.05) is 10.1 Å². The molecule has 0 aliphatic carbocycles. The van der Waals surface area contributed by atoms with Gasteiger partial charge >= 0.3 is 0 Å². The maximum absolute atomic E-state index is 13.2. The molecule has 0 aliphatic rings. The number of hydrogen-bond acceptors (Lipinski definition) is 4. The number of benzene rings is 2. The summed E-state index contributed by atoms with van der Waals surface area (Å²) in [6.07, 6.45) is 2.21. The van der Waals surface area contributed by atoms with Crippen LogP contribution < -0.4 is 0 Å². The van der Waals surface area contributed by atoms with Gasteiger partial charge in [-0.1, -0.05) is 60.1 Å². The van der Waals surface area contributed by atoms with Gasteiger partial charge in [0.25, 0.3) is 0 Å². The Morgan fingerprint density at radius 3 is 2.36 bits per heavy atom. The highest BCUT2D eigenvalue weighted by Gasteiger charge is 2.25. The average Bonchev–Trinajstić information content (AvgIpc) is 2.71. The molecule has 0 radical (unpaired) electrons. The highest BCUT2D eigenvalue weighted by Crippen LogP contribution is 2.29. The van der Waals surface area contributed by atoms with Crippen LogP contribution in [0.3, 0.4) is 0 Å². The maximum atomic E-state index is 13.2. The van der Waals surface area contributed by atoms with E-state index in [0.29, 0.717) is 0 Å². The number of hydrogen-bond donors (Lipinski definition) is 0. The predicted molar refractivity (Wildman–Crippen MR) is 123 cm³/mol. The maximum Gasteiger partial charge on any atom is 0.243 e. The second-order valence-corrected chi connectivity index (χ2v) is 9.23. The van der Waals surface area contributed by atoms with Gasteiger partial charge in [0.15, 0.2) is 0 Å². The van der Waals surface area contributed by atoms with Crippen LogP contribution in [0.25, 0.3) is 3.58 Å². The van der Waals surface area contributed by atoms with E-state index in [0.717, 1.165) is 26.7 Å². The van der Waals surface area contributed by atoms with Gasteiger partial charge in [-0.25, -0.2) is 8.42 Å². The Bertz CT molecular complexity index is 924. The summed E-state index contributed by atoms with van der Waals surface area (Å²) in [7, 11) is -2.23. The number of oxime groups is 1. The first-order chi connectivity index (χ1) is 13.4. The lowest BCUT2D eigenvalue weighted by Crippen LogP contribution is -2.34. The van der Waals surface area contributed by atoms with E-state index in [2.05, 4.69) is 27.7 Å². The van der Waals surface area contributed by atoms with E-state index >= 15 is 0 Å². The third-order valence-electron chi connectivity index (χ3n) is 4.26. The monoisotopic (exact) mass is 512 g/mol. The van der Waals surface area contributed by atoms with Crippen LogP contribution in [0.1, 0.15) is 24.5 Å². The van der Waals surface area contributed by atoms with Crippen molar-refractivity contribution in [2.45, 2.75) is 25.2 Å². The van der Waals surface area contributed by atoms with Crippen LogP contribution in [-0.2, 0) is 14.9 Å². The normalized spacial score (nSPS) is 13.0. The Balaban J connectivity index is 2.42. The molecule has 0 bridgehead atoms. The zero-order chi connectivity index (χ0) is 20.6. The molecular weight excluding hydrogens is 487 g/mol. The quantitative estimate of drug-likeness (QED) is 0.274. The molecule has 0 amide bonds. The van der Waals surface area contributed by atoms with Crippen LogP contribution in [0.5, 0.6) is 0 Å². The van der Waals surface area contributed by atoms with Crippen LogP contribution >= 0.6 is 22.6 Å². The van der Waals surface area contributed by atoms with E-state index in [4.69, 9.17) is 4.84 Å². The van der Waals surface area contributed by atoms with Gasteiger partial charge in [0.1, 0.15) is 7.11 Å². The molecule has 0 atom stereocenters. The second-order valence-electron chi connectivity index (χ2n) is 6.22. The molecule has 7 heteroatoms. The molecule has 0 fully saturated rings. The summed E-state index contributed by atoms with van der Waals surface area (Å²) in [5.74, 6) is 0.